The van der Waals surface area contributed by atoms with E-state index in [0.717, 1.165) is 5.56 Å². The van der Waals surface area contributed by atoms with Crippen molar-refractivity contribution in [3.05, 3.63) is 17.5 Å². The third-order valence-electron chi connectivity index (χ3n) is 2.20. The molecular formula is C10H16N2O3. The fourth-order valence-corrected chi connectivity index (χ4v) is 1.30. The SMILES string of the molecule is CCN(CCCO)C(=O)c1oncc1C. The second-order valence-corrected chi connectivity index (χ2v) is 3.30. The van der Waals surface area contributed by atoms with E-state index in [1.165, 1.54) is 6.20 Å². The highest BCUT2D eigenvalue weighted by Gasteiger charge is 2.19. The number of aliphatic hydroxyl groups is 1. The topological polar surface area (TPSA) is 66.6 Å². The largest absolute Gasteiger partial charge is 0.396 e. The monoisotopic (exact) mass is 212 g/mol. The lowest BCUT2D eigenvalue weighted by molar-refractivity contribution is 0.0711. The van der Waals surface area contributed by atoms with Crippen molar-refractivity contribution in [3.8, 4) is 0 Å². The molecule has 5 heteroatoms. The van der Waals surface area contributed by atoms with Gasteiger partial charge in [0.15, 0.2) is 0 Å². The van der Waals surface area contributed by atoms with E-state index < -0.39 is 0 Å². The van der Waals surface area contributed by atoms with E-state index in [2.05, 4.69) is 5.16 Å². The van der Waals surface area contributed by atoms with Crippen molar-refractivity contribution in [2.75, 3.05) is 19.7 Å². The van der Waals surface area contributed by atoms with E-state index in [1.54, 1.807) is 11.8 Å². The number of hydrogen-bond acceptors (Lipinski definition) is 4. The first-order valence-corrected chi connectivity index (χ1v) is 5.02. The van der Waals surface area contributed by atoms with Gasteiger partial charge in [0.2, 0.25) is 5.76 Å². The van der Waals surface area contributed by atoms with Crippen LogP contribution in [0.4, 0.5) is 0 Å². The minimum absolute atomic E-state index is 0.0825. The second-order valence-electron chi connectivity index (χ2n) is 3.30. The molecule has 0 atom stereocenters. The molecule has 0 bridgehead atoms. The van der Waals surface area contributed by atoms with E-state index >= 15 is 0 Å². The maximum Gasteiger partial charge on any atom is 0.292 e. The number of hydrogen-bond donors (Lipinski definition) is 1. The molecule has 0 aliphatic rings. The summed E-state index contributed by atoms with van der Waals surface area (Å²) in [5.74, 6) is 0.121. The molecule has 0 aromatic carbocycles. The Hall–Kier alpha value is -1.36. The Morgan fingerprint density at radius 3 is 2.87 bits per heavy atom. The maximum atomic E-state index is 11.9. The van der Waals surface area contributed by atoms with Gasteiger partial charge in [0.05, 0.1) is 6.20 Å². The van der Waals surface area contributed by atoms with Gasteiger partial charge in [-0.3, -0.25) is 4.79 Å². The highest BCUT2D eigenvalue weighted by molar-refractivity contribution is 5.92. The van der Waals surface area contributed by atoms with Crippen molar-refractivity contribution in [1.82, 2.24) is 10.1 Å². The van der Waals surface area contributed by atoms with Crippen molar-refractivity contribution >= 4 is 5.91 Å². The molecule has 0 unspecified atom stereocenters. The van der Waals surface area contributed by atoms with Crippen LogP contribution in [-0.2, 0) is 0 Å². The van der Waals surface area contributed by atoms with Gasteiger partial charge in [0.1, 0.15) is 0 Å². The molecule has 1 heterocycles. The van der Waals surface area contributed by atoms with E-state index in [1.807, 2.05) is 6.92 Å². The average Bonchev–Trinajstić information content (AvgIpc) is 2.65. The Morgan fingerprint density at radius 2 is 2.40 bits per heavy atom. The molecule has 15 heavy (non-hydrogen) atoms. The van der Waals surface area contributed by atoms with E-state index in [-0.39, 0.29) is 18.3 Å². The summed E-state index contributed by atoms with van der Waals surface area (Å²) in [5, 5.41) is 12.3. The molecule has 0 fully saturated rings. The lowest BCUT2D eigenvalue weighted by atomic mass is 10.2. The Bertz CT molecular complexity index is 322. The van der Waals surface area contributed by atoms with Gasteiger partial charge in [-0.1, -0.05) is 5.16 Å². The smallest absolute Gasteiger partial charge is 0.292 e. The standard InChI is InChI=1S/C10H16N2O3/c1-3-12(5-4-6-13)10(14)9-8(2)7-11-15-9/h7,13H,3-6H2,1-2H3. The van der Waals surface area contributed by atoms with Gasteiger partial charge in [-0.05, 0) is 20.3 Å². The number of nitrogens with zero attached hydrogens (tertiary/aromatic N) is 2. The second kappa shape index (κ2) is 5.50. The molecule has 0 aliphatic heterocycles. The number of aryl methyl sites for hydroxylation is 1. The summed E-state index contributed by atoms with van der Waals surface area (Å²) in [7, 11) is 0. The molecule has 0 saturated heterocycles. The molecule has 0 spiro atoms. The molecule has 1 rings (SSSR count). The molecule has 0 radical (unpaired) electrons. The molecule has 1 amide bonds. The van der Waals surface area contributed by atoms with Gasteiger partial charge in [0, 0.05) is 25.3 Å². The van der Waals surface area contributed by atoms with Crippen LogP contribution in [-0.4, -0.2) is 40.8 Å². The van der Waals surface area contributed by atoms with E-state index in [4.69, 9.17) is 9.63 Å². The average molecular weight is 212 g/mol. The van der Waals surface area contributed by atoms with Crippen molar-refractivity contribution in [2.45, 2.75) is 20.3 Å². The van der Waals surface area contributed by atoms with Gasteiger partial charge in [-0.15, -0.1) is 0 Å². The van der Waals surface area contributed by atoms with Crippen LogP contribution in [0.25, 0.3) is 0 Å². The molecule has 1 N–H and O–H groups in total. The lowest BCUT2D eigenvalue weighted by Crippen LogP contribution is -2.32. The zero-order valence-electron chi connectivity index (χ0n) is 9.06. The van der Waals surface area contributed by atoms with Gasteiger partial charge < -0.3 is 14.5 Å². The van der Waals surface area contributed by atoms with Gasteiger partial charge >= 0.3 is 0 Å². The number of rotatable bonds is 5. The Kier molecular flexibility index (Phi) is 4.30. The molecule has 1 aromatic rings. The molecule has 0 saturated carbocycles. The Morgan fingerprint density at radius 1 is 1.67 bits per heavy atom. The van der Waals surface area contributed by atoms with E-state index in [0.29, 0.717) is 19.5 Å². The first-order valence-electron chi connectivity index (χ1n) is 5.02. The molecule has 0 aliphatic carbocycles. The summed E-state index contributed by atoms with van der Waals surface area (Å²) in [4.78, 5) is 13.5. The highest BCUT2D eigenvalue weighted by atomic mass is 16.5. The van der Waals surface area contributed by atoms with Crippen LogP contribution < -0.4 is 0 Å². The summed E-state index contributed by atoms with van der Waals surface area (Å²) < 4.78 is 4.89. The predicted octanol–water partition coefficient (Wildman–Crippen LogP) is 0.828. The predicted molar refractivity (Wildman–Crippen MR) is 54.5 cm³/mol. The van der Waals surface area contributed by atoms with Crippen LogP contribution in [0, 0.1) is 6.92 Å². The molecule has 84 valence electrons. The zero-order chi connectivity index (χ0) is 11.3. The minimum atomic E-state index is -0.166. The summed E-state index contributed by atoms with van der Waals surface area (Å²) in [5.41, 5.74) is 0.738. The third kappa shape index (κ3) is 2.79. The maximum absolute atomic E-state index is 11.9. The summed E-state index contributed by atoms with van der Waals surface area (Å²) in [6.07, 6.45) is 2.10. The van der Waals surface area contributed by atoms with Gasteiger partial charge in [-0.25, -0.2) is 0 Å². The first-order chi connectivity index (χ1) is 7.20. The number of amides is 1. The van der Waals surface area contributed by atoms with Crippen LogP contribution in [0.3, 0.4) is 0 Å². The number of carbonyl (C=O) groups excluding carboxylic acids is 1. The van der Waals surface area contributed by atoms with Crippen LogP contribution >= 0.6 is 0 Å². The first kappa shape index (κ1) is 11.7. The van der Waals surface area contributed by atoms with Crippen LogP contribution in [0.1, 0.15) is 29.5 Å². The molecular weight excluding hydrogens is 196 g/mol. The third-order valence-corrected chi connectivity index (χ3v) is 2.20. The van der Waals surface area contributed by atoms with Crippen molar-refractivity contribution in [3.63, 3.8) is 0 Å². The summed E-state index contributed by atoms with van der Waals surface area (Å²) in [6.45, 7) is 4.88. The summed E-state index contributed by atoms with van der Waals surface area (Å²) in [6, 6.07) is 0. The number of carbonyl (C=O) groups is 1. The highest BCUT2D eigenvalue weighted by Crippen LogP contribution is 2.09. The fraction of sp³-hybridized carbons (Fsp3) is 0.600. The molecule has 1 aromatic heterocycles. The quantitative estimate of drug-likeness (QED) is 0.785. The van der Waals surface area contributed by atoms with Crippen LogP contribution in [0.2, 0.25) is 0 Å². The zero-order valence-corrected chi connectivity index (χ0v) is 9.06. The normalized spacial score (nSPS) is 10.3. The van der Waals surface area contributed by atoms with Crippen LogP contribution in [0.15, 0.2) is 10.7 Å². The number of aliphatic hydroxyl groups excluding tert-OH is 1. The van der Waals surface area contributed by atoms with Gasteiger partial charge in [0.25, 0.3) is 5.91 Å². The molecule has 5 nitrogen and oxygen atoms in total. The van der Waals surface area contributed by atoms with Crippen molar-refractivity contribution < 1.29 is 14.4 Å². The van der Waals surface area contributed by atoms with Crippen molar-refractivity contribution in [2.24, 2.45) is 0 Å². The van der Waals surface area contributed by atoms with Crippen LogP contribution in [0.5, 0.6) is 0 Å². The van der Waals surface area contributed by atoms with Gasteiger partial charge in [-0.2, -0.15) is 0 Å². The fourth-order valence-electron chi connectivity index (χ4n) is 1.30. The Labute approximate surface area is 88.7 Å². The summed E-state index contributed by atoms with van der Waals surface area (Å²) >= 11 is 0. The number of aromatic nitrogens is 1. The minimum Gasteiger partial charge on any atom is -0.396 e. The lowest BCUT2D eigenvalue weighted by Gasteiger charge is -2.18. The van der Waals surface area contributed by atoms with E-state index in [9.17, 15) is 4.79 Å². The van der Waals surface area contributed by atoms with Crippen molar-refractivity contribution in [1.29, 1.82) is 0 Å². The Balaban J connectivity index is 2.69.